The third-order valence-electron chi connectivity index (χ3n) is 5.52. The molecule has 1 aromatic heterocycles. The molecule has 0 aliphatic rings. The Morgan fingerprint density at radius 2 is 1.79 bits per heavy atom. The predicted molar refractivity (Wildman–Crippen MR) is 170 cm³/mol. The van der Waals surface area contributed by atoms with Crippen molar-refractivity contribution in [2.75, 3.05) is 19.5 Å². The number of amides is 1. The van der Waals surface area contributed by atoms with E-state index >= 15 is 0 Å². The van der Waals surface area contributed by atoms with Gasteiger partial charge in [-0.2, -0.15) is 4.72 Å². The van der Waals surface area contributed by atoms with Gasteiger partial charge in [-0.15, -0.1) is 0 Å². The molecule has 2 aromatic rings. The van der Waals surface area contributed by atoms with Crippen LogP contribution in [0, 0.1) is 20.8 Å². The van der Waals surface area contributed by atoms with Crippen LogP contribution in [0.25, 0.3) is 6.08 Å². The monoisotopic (exact) mass is 631 g/mol. The van der Waals surface area contributed by atoms with Gasteiger partial charge in [-0.05, 0) is 52.7 Å². The molecule has 1 amide bonds. The number of guanidine groups is 1. The molecule has 12 nitrogen and oxygen atoms in total. The molecular weight excluding hydrogens is 592 g/mol. The van der Waals surface area contributed by atoms with E-state index in [0.717, 1.165) is 10.4 Å². The molecule has 232 valence electrons. The fraction of sp³-hybridized carbons (Fsp3) is 0.444. The van der Waals surface area contributed by atoms with Gasteiger partial charge in [0.2, 0.25) is 10.0 Å². The van der Waals surface area contributed by atoms with Crippen LogP contribution >= 0.6 is 11.3 Å². The summed E-state index contributed by atoms with van der Waals surface area (Å²) in [5.41, 5.74) is 1.11. The van der Waals surface area contributed by atoms with Crippen LogP contribution in [0.3, 0.4) is 0 Å². The number of thiophene rings is 1. The molecule has 0 aliphatic heterocycles. The fourth-order valence-corrected chi connectivity index (χ4v) is 6.53. The van der Waals surface area contributed by atoms with E-state index in [4.69, 9.17) is 4.74 Å². The molecule has 0 spiro atoms. The van der Waals surface area contributed by atoms with Crippen LogP contribution in [0.5, 0.6) is 0 Å². The number of aryl methyl sites for hydroxylation is 3. The van der Waals surface area contributed by atoms with Crippen LogP contribution in [-0.4, -0.2) is 76.7 Å². The van der Waals surface area contributed by atoms with Crippen molar-refractivity contribution in [1.29, 1.82) is 0 Å². The molecule has 0 saturated carbocycles. The summed E-state index contributed by atoms with van der Waals surface area (Å²) in [6.45, 7) is 11.7. The molecule has 2 rings (SSSR count). The number of hydrogen-bond donors (Lipinski definition) is 5. The van der Waals surface area contributed by atoms with E-state index in [0.29, 0.717) is 29.7 Å². The van der Waals surface area contributed by atoms with Gasteiger partial charge >= 0.3 is 133 Å². The van der Waals surface area contributed by atoms with E-state index < -0.39 is 40.6 Å². The second-order valence-electron chi connectivity index (χ2n) is 10.8. The zero-order valence-corrected chi connectivity index (χ0v) is 27.1. The van der Waals surface area contributed by atoms with E-state index in [-0.39, 0.29) is 23.8 Å². The van der Waals surface area contributed by atoms with Gasteiger partial charge in [0, 0.05) is 6.54 Å². The molecule has 43 heavy (non-hydrogen) atoms. The fourth-order valence-electron chi connectivity index (χ4n) is 4.04. The van der Waals surface area contributed by atoms with Crippen LogP contribution in [-0.2, 0) is 24.3 Å². The van der Waals surface area contributed by atoms with Crippen LogP contribution in [0.1, 0.15) is 52.0 Å². The quantitative estimate of drug-likeness (QED) is 0.0955. The number of sulfonamides is 1. The predicted octanol–water partition coefficient (Wildman–Crippen LogP) is 1.76. The van der Waals surface area contributed by atoms with Gasteiger partial charge in [0.1, 0.15) is 11.6 Å². The second kappa shape index (κ2) is 15.9. The first-order valence-electron chi connectivity index (χ1n) is 13.6. The topological polar surface area (TPSA) is 175 Å². The van der Waals surface area contributed by atoms with Crippen molar-refractivity contribution in [2.45, 2.75) is 64.9 Å². The summed E-state index contributed by atoms with van der Waals surface area (Å²) in [4.78, 5) is 31.1. The molecule has 0 saturated heterocycles. The molecule has 0 fully saturated rings. The molecule has 5 N–H and O–H groups in total. The average Bonchev–Trinajstić information content (AvgIpc) is 3.34. The molecule has 1 unspecified atom stereocenters. The number of carbonyl (C=O) groups is 2. The van der Waals surface area contributed by atoms with Crippen molar-refractivity contribution >= 4 is 59.5 Å². The Balaban J connectivity index is 2.12. The Morgan fingerprint density at radius 3 is 2.37 bits per heavy atom. The Morgan fingerprint density at radius 1 is 1.14 bits per heavy atom. The van der Waals surface area contributed by atoms with Gasteiger partial charge < -0.3 is 4.74 Å². The Hall–Kier alpha value is -3.33. The molecule has 1 heterocycles. The van der Waals surface area contributed by atoms with Crippen molar-refractivity contribution in [3.63, 3.8) is 0 Å². The van der Waals surface area contributed by atoms with Gasteiger partial charge in [0.15, 0.2) is 0 Å². The number of benzene rings is 1. The maximum atomic E-state index is 13.4. The minimum atomic E-state index is -4.14. The first kappa shape index (κ1) is 35.9. The number of ether oxygens (including phenoxy) is 1. The average molecular weight is 631 g/mol. The first-order chi connectivity index (χ1) is 20.0. The normalized spacial score (nSPS) is 12.9. The number of hydrogen-bond acceptors (Lipinski definition) is 9. The molecule has 0 aliphatic carbocycles. The second-order valence-corrected chi connectivity index (χ2v) is 13.6. The van der Waals surface area contributed by atoms with Gasteiger partial charge in [0.05, 0.1) is 4.90 Å². The summed E-state index contributed by atoms with van der Waals surface area (Å²) in [6.07, 6.45) is 3.58. The Kier molecular flexibility index (Phi) is 13.3. The van der Waals surface area contributed by atoms with E-state index in [1.54, 1.807) is 71.0 Å². The minimum absolute atomic E-state index is 0.0349. The van der Waals surface area contributed by atoms with E-state index in [1.807, 2.05) is 6.92 Å². The Labute approximate surface area is 258 Å². The van der Waals surface area contributed by atoms with Gasteiger partial charge in [-0.3, -0.25) is 4.79 Å². The zero-order valence-electron chi connectivity index (χ0n) is 25.5. The van der Waals surface area contributed by atoms with Crippen molar-refractivity contribution in [3.8, 4) is 0 Å². The standard InChI is InChI=1S/C27H39B2N5O7S2/c1-17-13-18(2)23(19(3)14-17)43(39,40)34-21(25(36)41-27(4,5)6)15-31-24(35)22-11-10-20(42-22)9-8-12-30-26(32-16-28-37)33-29(7)38/h8-11,13-14,21,34,38H,12,15-16H2,1-7H3,(H,31,35)(H2,30,32,33). The number of nitrogens with one attached hydrogen (secondary N) is 4. The van der Waals surface area contributed by atoms with Gasteiger partial charge in [0.25, 0.3) is 0 Å². The van der Waals surface area contributed by atoms with Crippen molar-refractivity contribution < 1.29 is 32.5 Å². The van der Waals surface area contributed by atoms with Crippen molar-refractivity contribution in [1.82, 2.24) is 20.7 Å². The number of nitrogens with zero attached hydrogens (tertiary/aromatic N) is 1. The third-order valence-corrected chi connectivity index (χ3v) is 8.34. The van der Waals surface area contributed by atoms with Crippen molar-refractivity contribution in [2.24, 2.45) is 4.90 Å². The molecule has 1 aromatic carbocycles. The van der Waals surface area contributed by atoms with E-state index in [2.05, 4.69) is 25.6 Å². The molecule has 0 radical (unpaired) electrons. The summed E-state index contributed by atoms with van der Waals surface area (Å²) in [5.74, 6) is -1.04. The maximum absolute atomic E-state index is 13.4. The molecule has 0 bridgehead atoms. The SMILES string of the molecule is CB(O)N=C(NCB=O)NCC=Cc1ccc(C(=O)NCC(NS(=O)(=O)c2c(C)cc(C)cc2C)C(=O)OC(C)(C)C)s1. The summed E-state index contributed by atoms with van der Waals surface area (Å²) in [7, 11) is -4.42. The number of rotatable bonds is 13. The number of carbonyl (C=O) groups excluding carboxylic acids is 2. The molecule has 16 heteroatoms. The van der Waals surface area contributed by atoms with Crippen molar-refractivity contribution in [3.05, 3.63) is 56.8 Å². The van der Waals surface area contributed by atoms with Crippen LogP contribution in [0.2, 0.25) is 6.82 Å². The summed E-state index contributed by atoms with van der Waals surface area (Å²) in [6, 6.07) is 5.48. The first-order valence-corrected chi connectivity index (χ1v) is 15.9. The van der Waals surface area contributed by atoms with E-state index in [9.17, 15) is 27.7 Å². The zero-order chi connectivity index (χ0) is 32.4. The molecular formula is C27H39B2N5O7S2. The van der Waals surface area contributed by atoms with Crippen LogP contribution < -0.4 is 20.7 Å². The molecule has 1 atom stereocenters. The summed E-state index contributed by atoms with van der Waals surface area (Å²) < 4.78 is 45.2. The summed E-state index contributed by atoms with van der Waals surface area (Å²) >= 11 is 1.20. The Bertz CT molecular complexity index is 1450. The van der Waals surface area contributed by atoms with E-state index in [1.165, 1.54) is 18.2 Å². The van der Waals surface area contributed by atoms with Gasteiger partial charge in [-0.25, -0.2) is 8.42 Å². The van der Waals surface area contributed by atoms with Crippen LogP contribution in [0.15, 0.2) is 40.1 Å². The van der Waals surface area contributed by atoms with Crippen LogP contribution in [0.4, 0.5) is 0 Å². The van der Waals surface area contributed by atoms with Gasteiger partial charge in [-0.1, -0.05) is 17.7 Å². The summed E-state index contributed by atoms with van der Waals surface area (Å²) in [5, 5.41) is 17.8. The third kappa shape index (κ3) is 12.1. The number of esters is 1.